The molecule has 0 radical (unpaired) electrons. The maximum Gasteiger partial charge on any atom is 0.337 e. The van der Waals surface area contributed by atoms with Crippen molar-refractivity contribution in [1.29, 1.82) is 0 Å². The van der Waals surface area contributed by atoms with Gasteiger partial charge in [-0.15, -0.1) is 0 Å². The Labute approximate surface area is 97.4 Å². The number of methoxy groups -OCH3 is 2. The monoisotopic (exact) mass is 238 g/mol. The largest absolute Gasteiger partial charge is 0.497 e. The summed E-state index contributed by atoms with van der Waals surface area (Å²) >= 11 is 0. The Morgan fingerprint density at radius 1 is 1.12 bits per heavy atom. The zero-order chi connectivity index (χ0) is 12.3. The molecule has 0 amide bonds. The molecule has 0 heterocycles. The number of hydrogen-bond donors (Lipinski definition) is 0. The van der Waals surface area contributed by atoms with E-state index in [1.165, 1.54) is 12.3 Å². The van der Waals surface area contributed by atoms with E-state index < -0.39 is 8.07 Å². The smallest absolute Gasteiger partial charge is 0.337 e. The highest BCUT2D eigenvalue weighted by Crippen LogP contribution is 2.15. The molecule has 0 aliphatic rings. The second-order valence-electron chi connectivity index (χ2n) is 4.69. The molecule has 0 aliphatic carbocycles. The number of benzene rings is 1. The molecular formula is C12H18O3Si. The van der Waals surface area contributed by atoms with E-state index in [1.54, 1.807) is 13.2 Å². The van der Waals surface area contributed by atoms with E-state index >= 15 is 0 Å². The van der Waals surface area contributed by atoms with Crippen molar-refractivity contribution >= 4 is 19.2 Å². The van der Waals surface area contributed by atoms with Crippen molar-refractivity contribution in [2.75, 3.05) is 14.2 Å². The molecule has 4 heteroatoms. The van der Waals surface area contributed by atoms with Crippen LogP contribution in [0.15, 0.2) is 18.2 Å². The van der Waals surface area contributed by atoms with Crippen LogP contribution in [0.3, 0.4) is 0 Å². The molecule has 0 N–H and O–H groups in total. The third-order valence-corrected chi connectivity index (χ3v) is 4.45. The van der Waals surface area contributed by atoms with Gasteiger partial charge in [-0.3, -0.25) is 0 Å². The first-order valence-electron chi connectivity index (χ1n) is 5.16. The molecule has 0 spiro atoms. The van der Waals surface area contributed by atoms with Crippen molar-refractivity contribution in [3.05, 3.63) is 23.8 Å². The standard InChI is InChI=1S/C12H18O3Si/c1-14-10-6-9(12(13)15-2)7-11(8-10)16(3,4)5/h6-8H,1-5H3. The van der Waals surface area contributed by atoms with E-state index in [0.717, 1.165) is 0 Å². The third-order valence-electron chi connectivity index (χ3n) is 2.43. The van der Waals surface area contributed by atoms with Gasteiger partial charge in [0.2, 0.25) is 0 Å². The fraction of sp³-hybridized carbons (Fsp3) is 0.417. The van der Waals surface area contributed by atoms with Crippen molar-refractivity contribution in [3.63, 3.8) is 0 Å². The fourth-order valence-electron chi connectivity index (χ4n) is 1.39. The Balaban J connectivity index is 3.27. The van der Waals surface area contributed by atoms with Gasteiger partial charge in [-0.05, 0) is 18.2 Å². The molecule has 88 valence electrons. The highest BCUT2D eigenvalue weighted by Gasteiger charge is 2.19. The molecule has 1 rings (SSSR count). The Kier molecular flexibility index (Phi) is 3.75. The van der Waals surface area contributed by atoms with Crippen molar-refractivity contribution < 1.29 is 14.3 Å². The molecule has 0 saturated carbocycles. The second kappa shape index (κ2) is 4.70. The Morgan fingerprint density at radius 3 is 2.19 bits per heavy atom. The SMILES string of the molecule is COC(=O)c1cc(OC)cc([Si](C)(C)C)c1. The minimum absolute atomic E-state index is 0.321. The zero-order valence-electron chi connectivity index (χ0n) is 10.5. The van der Waals surface area contributed by atoms with Gasteiger partial charge in [0.05, 0.1) is 27.9 Å². The summed E-state index contributed by atoms with van der Waals surface area (Å²) in [7, 11) is 1.53. The number of rotatable bonds is 3. The van der Waals surface area contributed by atoms with Gasteiger partial charge in [-0.25, -0.2) is 4.79 Å². The van der Waals surface area contributed by atoms with Crippen molar-refractivity contribution in [2.45, 2.75) is 19.6 Å². The second-order valence-corrected chi connectivity index (χ2v) is 9.77. The van der Waals surface area contributed by atoms with Gasteiger partial charge in [0.1, 0.15) is 5.75 Å². The van der Waals surface area contributed by atoms with E-state index in [9.17, 15) is 4.79 Å². The number of ether oxygens (including phenoxy) is 2. The predicted molar refractivity (Wildman–Crippen MR) is 67.3 cm³/mol. The van der Waals surface area contributed by atoms with E-state index in [4.69, 9.17) is 9.47 Å². The zero-order valence-corrected chi connectivity index (χ0v) is 11.5. The molecule has 1 aromatic carbocycles. The lowest BCUT2D eigenvalue weighted by atomic mass is 10.2. The Morgan fingerprint density at radius 2 is 1.75 bits per heavy atom. The van der Waals surface area contributed by atoms with Crippen LogP contribution in [0.25, 0.3) is 0 Å². The summed E-state index contributed by atoms with van der Waals surface area (Å²) in [5.41, 5.74) is 0.555. The molecule has 0 bridgehead atoms. The van der Waals surface area contributed by atoms with Crippen LogP contribution >= 0.6 is 0 Å². The predicted octanol–water partition coefficient (Wildman–Crippen LogP) is 2.03. The number of hydrogen-bond acceptors (Lipinski definition) is 3. The number of carbonyl (C=O) groups excluding carboxylic acids is 1. The van der Waals surface area contributed by atoms with Crippen LogP contribution in [0.4, 0.5) is 0 Å². The maximum atomic E-state index is 11.5. The summed E-state index contributed by atoms with van der Waals surface area (Å²) in [4.78, 5) is 11.5. The van der Waals surface area contributed by atoms with Gasteiger partial charge in [-0.2, -0.15) is 0 Å². The Bertz CT molecular complexity index is 394. The van der Waals surface area contributed by atoms with E-state index in [0.29, 0.717) is 11.3 Å². The normalized spacial score (nSPS) is 11.1. The quantitative estimate of drug-likeness (QED) is 0.597. The molecule has 16 heavy (non-hydrogen) atoms. The van der Waals surface area contributed by atoms with Crippen molar-refractivity contribution in [1.82, 2.24) is 0 Å². The summed E-state index contributed by atoms with van der Waals surface area (Å²) in [6, 6.07) is 5.61. The van der Waals surface area contributed by atoms with Crippen LogP contribution in [-0.4, -0.2) is 28.3 Å². The highest BCUT2D eigenvalue weighted by atomic mass is 28.3. The summed E-state index contributed by atoms with van der Waals surface area (Å²) in [6.07, 6.45) is 0. The topological polar surface area (TPSA) is 35.5 Å². The van der Waals surface area contributed by atoms with E-state index in [1.807, 2.05) is 12.1 Å². The van der Waals surface area contributed by atoms with Gasteiger partial charge in [0, 0.05) is 0 Å². The molecule has 0 unspecified atom stereocenters. The van der Waals surface area contributed by atoms with E-state index in [2.05, 4.69) is 19.6 Å². The summed E-state index contributed by atoms with van der Waals surface area (Å²) in [5.74, 6) is 0.388. The third kappa shape index (κ3) is 2.85. The van der Waals surface area contributed by atoms with Gasteiger partial charge in [0.25, 0.3) is 0 Å². The molecule has 0 atom stereocenters. The van der Waals surface area contributed by atoms with Crippen LogP contribution < -0.4 is 9.92 Å². The lowest BCUT2D eigenvalue weighted by molar-refractivity contribution is 0.0600. The summed E-state index contributed by atoms with van der Waals surface area (Å²) in [5, 5.41) is 1.19. The minimum atomic E-state index is -1.46. The summed E-state index contributed by atoms with van der Waals surface area (Å²) in [6.45, 7) is 6.68. The lowest BCUT2D eigenvalue weighted by Gasteiger charge is -2.18. The van der Waals surface area contributed by atoms with Gasteiger partial charge in [-0.1, -0.05) is 24.8 Å². The van der Waals surface area contributed by atoms with Crippen LogP contribution in [0.2, 0.25) is 19.6 Å². The average Bonchev–Trinajstić information content (AvgIpc) is 2.26. The van der Waals surface area contributed by atoms with E-state index in [-0.39, 0.29) is 5.97 Å². The van der Waals surface area contributed by atoms with Crippen LogP contribution in [0.1, 0.15) is 10.4 Å². The van der Waals surface area contributed by atoms with Gasteiger partial charge < -0.3 is 9.47 Å². The molecule has 0 fully saturated rings. The Hall–Kier alpha value is -1.29. The molecule has 0 saturated heterocycles. The first kappa shape index (κ1) is 12.8. The lowest BCUT2D eigenvalue weighted by Crippen LogP contribution is -2.38. The maximum absolute atomic E-state index is 11.5. The first-order valence-corrected chi connectivity index (χ1v) is 8.66. The molecule has 0 aliphatic heterocycles. The van der Waals surface area contributed by atoms with Crippen LogP contribution in [0.5, 0.6) is 5.75 Å². The van der Waals surface area contributed by atoms with Crippen molar-refractivity contribution in [2.24, 2.45) is 0 Å². The number of carbonyl (C=O) groups is 1. The average molecular weight is 238 g/mol. The first-order chi connectivity index (χ1) is 7.38. The number of esters is 1. The van der Waals surface area contributed by atoms with Crippen molar-refractivity contribution in [3.8, 4) is 5.75 Å². The molecule has 1 aromatic rings. The van der Waals surface area contributed by atoms with Gasteiger partial charge in [0.15, 0.2) is 0 Å². The summed E-state index contributed by atoms with van der Waals surface area (Å²) < 4.78 is 9.92. The molecule has 3 nitrogen and oxygen atoms in total. The van der Waals surface area contributed by atoms with Gasteiger partial charge >= 0.3 is 5.97 Å². The minimum Gasteiger partial charge on any atom is -0.497 e. The van der Waals surface area contributed by atoms with Crippen LogP contribution in [0, 0.1) is 0 Å². The molecular weight excluding hydrogens is 220 g/mol. The highest BCUT2D eigenvalue weighted by molar-refractivity contribution is 6.88. The fourth-order valence-corrected chi connectivity index (χ4v) is 2.55. The van der Waals surface area contributed by atoms with Crippen LogP contribution in [-0.2, 0) is 4.74 Å². The molecule has 0 aromatic heterocycles.